The van der Waals surface area contributed by atoms with Crippen molar-refractivity contribution in [1.82, 2.24) is 24.4 Å². The Morgan fingerprint density at radius 3 is 2.82 bits per heavy atom. The zero-order valence-corrected chi connectivity index (χ0v) is 20.1. The minimum absolute atomic E-state index is 0.0722. The van der Waals surface area contributed by atoms with Gasteiger partial charge in [-0.05, 0) is 59.7 Å². The van der Waals surface area contributed by atoms with Crippen LogP contribution in [0.3, 0.4) is 0 Å². The first-order valence-corrected chi connectivity index (χ1v) is 13.2. The first-order valence-electron chi connectivity index (χ1n) is 10.8. The number of sulfonamides is 1. The minimum atomic E-state index is -3.59. The van der Waals surface area contributed by atoms with E-state index in [-0.39, 0.29) is 17.3 Å². The van der Waals surface area contributed by atoms with Crippen LogP contribution in [0.4, 0.5) is 0 Å². The Hall–Kier alpha value is -3.34. The summed E-state index contributed by atoms with van der Waals surface area (Å²) in [6, 6.07) is 10.8. The molecule has 0 unspecified atom stereocenters. The van der Waals surface area contributed by atoms with Crippen LogP contribution < -0.4 is 4.72 Å². The number of rotatable bonds is 6. The number of para-hydroxylation sites is 1. The molecule has 4 aromatic rings. The average Bonchev–Trinajstić information content (AvgIpc) is 3.58. The van der Waals surface area contributed by atoms with Crippen molar-refractivity contribution < 1.29 is 13.2 Å². The smallest absolute Gasteiger partial charge is 0.256 e. The summed E-state index contributed by atoms with van der Waals surface area (Å²) in [5.74, 6) is -0.0722. The van der Waals surface area contributed by atoms with Crippen molar-refractivity contribution in [1.29, 1.82) is 0 Å². The lowest BCUT2D eigenvalue weighted by molar-refractivity contribution is 0.0734. The Morgan fingerprint density at radius 1 is 1.21 bits per heavy atom. The van der Waals surface area contributed by atoms with Crippen LogP contribution in [0.1, 0.15) is 32.7 Å². The number of carbonyl (C=O) groups excluding carboxylic acids is 1. The second-order valence-corrected chi connectivity index (χ2v) is 10.6. The number of nitrogens with one attached hydrogen (secondary N) is 1. The average molecular weight is 494 g/mol. The topological polar surface area (TPSA) is 97.2 Å². The monoisotopic (exact) mass is 493 g/mol. The number of hydrogen-bond donors (Lipinski definition) is 1. The zero-order chi connectivity index (χ0) is 23.7. The highest BCUT2D eigenvalue weighted by Crippen LogP contribution is 2.26. The van der Waals surface area contributed by atoms with Crippen LogP contribution in [0.5, 0.6) is 0 Å². The molecular formula is C24H23N5O3S2. The molecule has 0 saturated heterocycles. The van der Waals surface area contributed by atoms with Gasteiger partial charge in [0.1, 0.15) is 0 Å². The van der Waals surface area contributed by atoms with Gasteiger partial charge in [0.05, 0.1) is 16.1 Å². The summed E-state index contributed by atoms with van der Waals surface area (Å²) >= 11 is 1.34. The van der Waals surface area contributed by atoms with Crippen LogP contribution in [0, 0.1) is 6.92 Å². The Kier molecular flexibility index (Phi) is 6.03. The number of thiophene rings is 1. The maximum atomic E-state index is 13.4. The third-order valence-corrected chi connectivity index (χ3v) is 8.24. The van der Waals surface area contributed by atoms with Crippen LogP contribution in [-0.4, -0.2) is 40.5 Å². The SMILES string of the molecule is Cc1ncc2c(c1CNS(=O)(=O)c1ccsc1)CCN(C(=O)c1ccccc1-n1cccn1)C2. The summed E-state index contributed by atoms with van der Waals surface area (Å²) in [6.07, 6.45) is 5.92. The van der Waals surface area contributed by atoms with Gasteiger partial charge in [-0.25, -0.2) is 17.8 Å². The number of pyridine rings is 1. The van der Waals surface area contributed by atoms with Gasteiger partial charge in [0, 0.05) is 49.3 Å². The molecule has 0 fully saturated rings. The molecule has 1 N–H and O–H groups in total. The van der Waals surface area contributed by atoms with Crippen molar-refractivity contribution in [3.8, 4) is 5.69 Å². The van der Waals surface area contributed by atoms with E-state index in [0.29, 0.717) is 25.1 Å². The van der Waals surface area contributed by atoms with Gasteiger partial charge in [0.25, 0.3) is 5.91 Å². The molecule has 5 rings (SSSR count). The summed E-state index contributed by atoms with van der Waals surface area (Å²) in [5, 5.41) is 7.62. The van der Waals surface area contributed by atoms with Gasteiger partial charge in [-0.1, -0.05) is 12.1 Å². The fourth-order valence-corrected chi connectivity index (χ4v) is 6.25. The van der Waals surface area contributed by atoms with Crippen LogP contribution in [0.15, 0.2) is 70.6 Å². The molecule has 3 aromatic heterocycles. The predicted molar refractivity (Wildman–Crippen MR) is 129 cm³/mol. The van der Waals surface area contributed by atoms with Gasteiger partial charge in [-0.2, -0.15) is 16.4 Å². The van der Waals surface area contributed by atoms with Gasteiger partial charge in [0.2, 0.25) is 10.0 Å². The number of aryl methyl sites for hydroxylation is 1. The van der Waals surface area contributed by atoms with Crippen molar-refractivity contribution in [2.75, 3.05) is 6.54 Å². The number of amides is 1. The molecule has 34 heavy (non-hydrogen) atoms. The molecule has 4 heterocycles. The molecule has 0 spiro atoms. The Balaban J connectivity index is 1.38. The van der Waals surface area contributed by atoms with E-state index in [4.69, 9.17) is 0 Å². The second kappa shape index (κ2) is 9.13. The molecule has 10 heteroatoms. The molecule has 0 bridgehead atoms. The molecule has 0 saturated carbocycles. The first-order chi connectivity index (χ1) is 16.4. The van der Waals surface area contributed by atoms with Gasteiger partial charge in [0.15, 0.2) is 0 Å². The van der Waals surface area contributed by atoms with Gasteiger partial charge < -0.3 is 4.90 Å². The molecule has 174 valence electrons. The molecule has 0 atom stereocenters. The summed E-state index contributed by atoms with van der Waals surface area (Å²) in [6.45, 7) is 2.99. The highest BCUT2D eigenvalue weighted by molar-refractivity contribution is 7.89. The van der Waals surface area contributed by atoms with E-state index in [0.717, 1.165) is 28.1 Å². The van der Waals surface area contributed by atoms with E-state index in [1.807, 2.05) is 43.5 Å². The minimum Gasteiger partial charge on any atom is -0.334 e. The highest BCUT2D eigenvalue weighted by Gasteiger charge is 2.27. The van der Waals surface area contributed by atoms with E-state index in [2.05, 4.69) is 14.8 Å². The van der Waals surface area contributed by atoms with E-state index < -0.39 is 10.0 Å². The van der Waals surface area contributed by atoms with Gasteiger partial charge in [-0.15, -0.1) is 0 Å². The first kappa shape index (κ1) is 22.5. The quantitative estimate of drug-likeness (QED) is 0.445. The number of carbonyl (C=O) groups is 1. The number of fused-ring (bicyclic) bond motifs is 1. The Labute approximate surface area is 201 Å². The fraction of sp³-hybridized carbons (Fsp3) is 0.208. The number of nitrogens with zero attached hydrogens (tertiary/aromatic N) is 4. The third-order valence-electron chi connectivity index (χ3n) is 6.01. The van der Waals surface area contributed by atoms with Crippen molar-refractivity contribution in [2.24, 2.45) is 0 Å². The number of hydrogen-bond acceptors (Lipinski definition) is 6. The van der Waals surface area contributed by atoms with E-state index in [1.165, 1.54) is 11.3 Å². The van der Waals surface area contributed by atoms with Crippen LogP contribution in [-0.2, 0) is 29.5 Å². The summed E-state index contributed by atoms with van der Waals surface area (Å²) in [4.78, 5) is 20.0. The van der Waals surface area contributed by atoms with Gasteiger partial charge in [-0.3, -0.25) is 9.78 Å². The van der Waals surface area contributed by atoms with Crippen molar-refractivity contribution in [3.05, 3.63) is 93.7 Å². The van der Waals surface area contributed by atoms with Crippen LogP contribution in [0.2, 0.25) is 0 Å². The molecule has 1 amide bonds. The standard InChI is InChI=1S/C24H23N5O3S2/c1-17-22(14-27-34(31,32)19-8-12-33-16-19)20-7-11-28(15-18(20)13-25-17)24(30)21-5-2-3-6-23(21)29-10-4-9-26-29/h2-6,8-10,12-13,16,27H,7,11,14-15H2,1H3. The lowest BCUT2D eigenvalue weighted by Crippen LogP contribution is -2.37. The molecular weight excluding hydrogens is 470 g/mol. The van der Waals surface area contributed by atoms with E-state index in [9.17, 15) is 13.2 Å². The highest BCUT2D eigenvalue weighted by atomic mass is 32.2. The molecule has 1 aliphatic rings. The third kappa shape index (κ3) is 4.27. The number of benzene rings is 1. The van der Waals surface area contributed by atoms with Crippen molar-refractivity contribution in [3.63, 3.8) is 0 Å². The molecule has 0 radical (unpaired) electrons. The Bertz CT molecular complexity index is 1430. The fourth-order valence-electron chi connectivity index (χ4n) is 4.22. The lowest BCUT2D eigenvalue weighted by Gasteiger charge is -2.31. The van der Waals surface area contributed by atoms with Crippen LogP contribution in [0.25, 0.3) is 5.69 Å². The van der Waals surface area contributed by atoms with E-state index in [1.54, 1.807) is 38.8 Å². The zero-order valence-electron chi connectivity index (χ0n) is 18.5. The normalized spacial score (nSPS) is 13.6. The van der Waals surface area contributed by atoms with Crippen molar-refractivity contribution in [2.45, 2.75) is 31.3 Å². The van der Waals surface area contributed by atoms with E-state index >= 15 is 0 Å². The molecule has 0 aliphatic carbocycles. The predicted octanol–water partition coefficient (Wildman–Crippen LogP) is 3.31. The molecule has 1 aliphatic heterocycles. The summed E-state index contributed by atoms with van der Waals surface area (Å²) in [7, 11) is -3.59. The number of aromatic nitrogens is 3. The van der Waals surface area contributed by atoms with Crippen LogP contribution >= 0.6 is 11.3 Å². The van der Waals surface area contributed by atoms with Crippen molar-refractivity contribution >= 4 is 27.3 Å². The maximum Gasteiger partial charge on any atom is 0.256 e. The maximum absolute atomic E-state index is 13.4. The largest absolute Gasteiger partial charge is 0.334 e. The Morgan fingerprint density at radius 2 is 2.06 bits per heavy atom. The lowest BCUT2D eigenvalue weighted by atomic mass is 9.94. The molecule has 1 aromatic carbocycles. The van der Waals surface area contributed by atoms with Gasteiger partial charge >= 0.3 is 0 Å². The second-order valence-electron chi connectivity index (χ2n) is 8.05. The summed E-state index contributed by atoms with van der Waals surface area (Å²) in [5.41, 5.74) is 4.97. The summed E-state index contributed by atoms with van der Waals surface area (Å²) < 4.78 is 29.6. The molecule has 8 nitrogen and oxygen atoms in total.